The largest absolute Gasteiger partial charge is 0.466 e. The second-order valence-corrected chi connectivity index (χ2v) is 3.85. The van der Waals surface area contributed by atoms with Gasteiger partial charge in [-0.15, -0.1) is 0 Å². The molecule has 0 spiro atoms. The van der Waals surface area contributed by atoms with Crippen LogP contribution in [0.3, 0.4) is 0 Å². The average molecular weight is 265 g/mol. The molecule has 0 aliphatic carbocycles. The van der Waals surface area contributed by atoms with E-state index in [1.165, 1.54) is 13.2 Å². The first kappa shape index (κ1) is 12.4. The maximum Gasteiger partial charge on any atom is 0.345 e. The molecule has 0 unspecified atom stereocenters. The molecule has 1 aromatic heterocycles. The summed E-state index contributed by atoms with van der Waals surface area (Å²) < 4.78 is 9.53. The van der Waals surface area contributed by atoms with Crippen molar-refractivity contribution in [3.05, 3.63) is 51.3 Å². The van der Waals surface area contributed by atoms with E-state index in [2.05, 4.69) is 4.74 Å². The van der Waals surface area contributed by atoms with Crippen LogP contribution in [0.1, 0.15) is 5.56 Å². The molecule has 4 nitrogen and oxygen atoms in total. The monoisotopic (exact) mass is 264 g/mol. The number of hydrogen-bond donors (Lipinski definition) is 0. The molecular formula is C13H9ClO4. The highest BCUT2D eigenvalue weighted by Crippen LogP contribution is 2.25. The average Bonchev–Trinajstić information content (AvgIpc) is 2.38. The van der Waals surface area contributed by atoms with Crippen LogP contribution in [-0.4, -0.2) is 13.1 Å². The number of ether oxygens (including phenoxy) is 1. The van der Waals surface area contributed by atoms with Crippen LogP contribution in [-0.2, 0) is 9.53 Å². The smallest absolute Gasteiger partial charge is 0.345 e. The summed E-state index contributed by atoms with van der Waals surface area (Å²) in [6.45, 7) is 0. The molecule has 0 aliphatic heterocycles. The van der Waals surface area contributed by atoms with Gasteiger partial charge < -0.3 is 9.15 Å². The molecule has 1 heterocycles. The van der Waals surface area contributed by atoms with Crippen LogP contribution < -0.4 is 5.63 Å². The number of carbonyl (C=O) groups excluding carboxylic acids is 1. The van der Waals surface area contributed by atoms with Gasteiger partial charge >= 0.3 is 11.6 Å². The van der Waals surface area contributed by atoms with Crippen molar-refractivity contribution < 1.29 is 13.9 Å². The predicted molar refractivity (Wildman–Crippen MR) is 68.5 cm³/mol. The zero-order valence-electron chi connectivity index (χ0n) is 9.48. The van der Waals surface area contributed by atoms with Crippen molar-refractivity contribution in [3.63, 3.8) is 0 Å². The third kappa shape index (κ3) is 2.28. The third-order valence-corrected chi connectivity index (χ3v) is 2.78. The van der Waals surface area contributed by atoms with Crippen LogP contribution in [0.15, 0.2) is 39.6 Å². The van der Waals surface area contributed by atoms with Crippen molar-refractivity contribution in [2.75, 3.05) is 7.11 Å². The van der Waals surface area contributed by atoms with Crippen molar-refractivity contribution in [2.24, 2.45) is 0 Å². The quantitative estimate of drug-likeness (QED) is 0.475. The second kappa shape index (κ2) is 5.06. The summed E-state index contributed by atoms with van der Waals surface area (Å²) in [5.74, 6) is -0.571. The van der Waals surface area contributed by atoms with Gasteiger partial charge in [-0.05, 0) is 18.2 Å². The number of para-hydroxylation sites is 1. The van der Waals surface area contributed by atoms with Gasteiger partial charge in [0.25, 0.3) is 0 Å². The Labute approximate surface area is 107 Å². The summed E-state index contributed by atoms with van der Waals surface area (Å²) in [7, 11) is 1.25. The molecular weight excluding hydrogens is 256 g/mol. The fourth-order valence-electron chi connectivity index (χ4n) is 1.49. The lowest BCUT2D eigenvalue weighted by atomic mass is 10.1. The highest BCUT2D eigenvalue weighted by atomic mass is 35.5. The SMILES string of the molecule is COC(=O)/C=C/c1c(Cl)c2ccccc2oc1=O. The Hall–Kier alpha value is -2.07. The molecule has 0 atom stereocenters. The van der Waals surface area contributed by atoms with Gasteiger partial charge in [0.2, 0.25) is 0 Å². The van der Waals surface area contributed by atoms with Gasteiger partial charge in [0.05, 0.1) is 17.7 Å². The number of methoxy groups -OCH3 is 1. The van der Waals surface area contributed by atoms with E-state index in [4.69, 9.17) is 16.0 Å². The summed E-state index contributed by atoms with van der Waals surface area (Å²) in [5.41, 5.74) is -0.0673. The Morgan fingerprint density at radius 2 is 2.11 bits per heavy atom. The number of rotatable bonds is 2. The maximum absolute atomic E-state index is 11.7. The lowest BCUT2D eigenvalue weighted by molar-refractivity contribution is -0.134. The molecule has 2 aromatic rings. The molecule has 0 N–H and O–H groups in total. The Bertz CT molecular complexity index is 685. The lowest BCUT2D eigenvalue weighted by Gasteiger charge is -2.01. The molecule has 18 heavy (non-hydrogen) atoms. The van der Waals surface area contributed by atoms with Gasteiger partial charge in [-0.25, -0.2) is 9.59 Å². The number of halogens is 1. The summed E-state index contributed by atoms with van der Waals surface area (Å²) in [6.07, 6.45) is 2.40. The Morgan fingerprint density at radius 1 is 1.39 bits per heavy atom. The van der Waals surface area contributed by atoms with Crippen molar-refractivity contribution in [3.8, 4) is 0 Å². The summed E-state index contributed by atoms with van der Waals surface area (Å²) in [6, 6.07) is 6.90. The topological polar surface area (TPSA) is 56.5 Å². The molecule has 0 aliphatic rings. The van der Waals surface area contributed by atoms with Gasteiger partial charge in [0.15, 0.2) is 0 Å². The summed E-state index contributed by atoms with van der Waals surface area (Å²) >= 11 is 6.11. The molecule has 0 fully saturated rings. The Balaban J connectivity index is 2.61. The molecule has 5 heteroatoms. The van der Waals surface area contributed by atoms with E-state index in [0.717, 1.165) is 6.08 Å². The van der Waals surface area contributed by atoms with Crippen LogP contribution >= 0.6 is 11.6 Å². The van der Waals surface area contributed by atoms with Crippen LogP contribution in [0, 0.1) is 0 Å². The standard InChI is InChI=1S/C13H9ClO4/c1-17-11(15)7-6-9-12(14)8-4-2-3-5-10(8)18-13(9)16/h2-7H,1H3/b7-6+. The first-order valence-corrected chi connectivity index (χ1v) is 5.48. The van der Waals surface area contributed by atoms with E-state index in [1.807, 2.05) is 0 Å². The molecule has 92 valence electrons. The lowest BCUT2D eigenvalue weighted by Crippen LogP contribution is -2.05. The van der Waals surface area contributed by atoms with Crippen molar-refractivity contribution in [2.45, 2.75) is 0 Å². The number of esters is 1. The fourth-order valence-corrected chi connectivity index (χ4v) is 1.78. The second-order valence-electron chi connectivity index (χ2n) is 3.47. The van der Waals surface area contributed by atoms with E-state index >= 15 is 0 Å². The molecule has 0 saturated heterocycles. The summed E-state index contributed by atoms with van der Waals surface area (Å²) in [4.78, 5) is 22.7. The van der Waals surface area contributed by atoms with Crippen LogP contribution in [0.25, 0.3) is 17.0 Å². The fraction of sp³-hybridized carbons (Fsp3) is 0.0769. The Kier molecular flexibility index (Phi) is 3.48. The van der Waals surface area contributed by atoms with Crippen LogP contribution in [0.4, 0.5) is 0 Å². The minimum absolute atomic E-state index is 0.126. The zero-order chi connectivity index (χ0) is 13.1. The van der Waals surface area contributed by atoms with Gasteiger partial charge in [-0.3, -0.25) is 0 Å². The highest BCUT2D eigenvalue weighted by molar-refractivity contribution is 6.36. The highest BCUT2D eigenvalue weighted by Gasteiger charge is 2.10. The van der Waals surface area contributed by atoms with Gasteiger partial charge in [-0.1, -0.05) is 23.7 Å². The minimum Gasteiger partial charge on any atom is -0.466 e. The zero-order valence-corrected chi connectivity index (χ0v) is 10.2. The van der Waals surface area contributed by atoms with Crippen LogP contribution in [0.5, 0.6) is 0 Å². The van der Waals surface area contributed by atoms with Crippen molar-refractivity contribution in [1.29, 1.82) is 0 Å². The number of benzene rings is 1. The van der Waals surface area contributed by atoms with Gasteiger partial charge in [-0.2, -0.15) is 0 Å². The molecule has 0 radical (unpaired) electrons. The van der Waals surface area contributed by atoms with E-state index in [9.17, 15) is 9.59 Å². The number of carbonyl (C=O) groups is 1. The van der Waals surface area contributed by atoms with Gasteiger partial charge in [0, 0.05) is 11.5 Å². The van der Waals surface area contributed by atoms with E-state index < -0.39 is 11.6 Å². The molecule has 1 aromatic carbocycles. The maximum atomic E-state index is 11.7. The minimum atomic E-state index is -0.598. The number of fused-ring (bicyclic) bond motifs is 1. The van der Waals surface area contributed by atoms with E-state index in [-0.39, 0.29) is 10.6 Å². The third-order valence-electron chi connectivity index (χ3n) is 2.37. The Morgan fingerprint density at radius 3 is 2.83 bits per heavy atom. The van der Waals surface area contributed by atoms with Gasteiger partial charge in [0.1, 0.15) is 5.58 Å². The molecule has 0 bridgehead atoms. The predicted octanol–water partition coefficient (Wildman–Crippen LogP) is 2.63. The van der Waals surface area contributed by atoms with E-state index in [0.29, 0.717) is 11.0 Å². The normalized spacial score (nSPS) is 11.0. The summed E-state index contributed by atoms with van der Waals surface area (Å²) in [5, 5.41) is 0.866. The number of hydrogen-bond acceptors (Lipinski definition) is 4. The van der Waals surface area contributed by atoms with Crippen LogP contribution in [0.2, 0.25) is 5.02 Å². The van der Waals surface area contributed by atoms with Crippen molar-refractivity contribution in [1.82, 2.24) is 0 Å². The van der Waals surface area contributed by atoms with Crippen molar-refractivity contribution >= 4 is 34.6 Å². The first-order chi connectivity index (χ1) is 8.63. The first-order valence-electron chi connectivity index (χ1n) is 5.11. The molecule has 0 saturated carbocycles. The van der Waals surface area contributed by atoms with E-state index in [1.54, 1.807) is 24.3 Å². The molecule has 2 rings (SSSR count). The molecule has 0 amide bonds.